The molecule has 0 unspecified atom stereocenters. The van der Waals surface area contributed by atoms with Crippen LogP contribution in [0.15, 0.2) is 18.2 Å². The number of hydrogen-bond acceptors (Lipinski definition) is 1. The lowest BCUT2D eigenvalue weighted by Crippen LogP contribution is -2.11. The summed E-state index contributed by atoms with van der Waals surface area (Å²) in [6, 6.07) is 5.00. The fourth-order valence-corrected chi connectivity index (χ4v) is 1.11. The average molecular weight is 226 g/mol. The van der Waals surface area contributed by atoms with Crippen LogP contribution in [0.25, 0.3) is 0 Å². The van der Waals surface area contributed by atoms with E-state index >= 15 is 0 Å². The van der Waals surface area contributed by atoms with Crippen LogP contribution >= 0.6 is 35.6 Å². The highest BCUT2D eigenvalue weighted by atomic mass is 35.5. The van der Waals surface area contributed by atoms with Crippen molar-refractivity contribution in [3.63, 3.8) is 0 Å². The zero-order chi connectivity index (χ0) is 8.43. The van der Waals surface area contributed by atoms with Gasteiger partial charge in [0.1, 0.15) is 5.84 Å². The fraction of sp³-hybridized carbons (Fsp3) is 0. The first-order valence-electron chi connectivity index (χ1n) is 2.91. The minimum absolute atomic E-state index is 0. The van der Waals surface area contributed by atoms with Crippen LogP contribution in [-0.2, 0) is 0 Å². The molecule has 0 fully saturated rings. The third-order valence-corrected chi connectivity index (χ3v) is 2.06. The second-order valence-electron chi connectivity index (χ2n) is 2.02. The van der Waals surface area contributed by atoms with Gasteiger partial charge in [-0.05, 0) is 12.1 Å². The molecule has 5 heteroatoms. The van der Waals surface area contributed by atoms with E-state index in [1.54, 1.807) is 18.2 Å². The van der Waals surface area contributed by atoms with E-state index in [0.29, 0.717) is 15.6 Å². The Morgan fingerprint density at radius 3 is 2.33 bits per heavy atom. The molecule has 66 valence electrons. The highest BCUT2D eigenvalue weighted by Gasteiger charge is 2.05. The number of nitrogen functional groups attached to an aromatic ring is 1. The van der Waals surface area contributed by atoms with E-state index in [1.165, 1.54) is 0 Å². The van der Waals surface area contributed by atoms with Gasteiger partial charge < -0.3 is 5.73 Å². The van der Waals surface area contributed by atoms with Gasteiger partial charge in [0.05, 0.1) is 10.0 Å². The lowest BCUT2D eigenvalue weighted by atomic mass is 10.2. The van der Waals surface area contributed by atoms with Gasteiger partial charge in [-0.25, -0.2) is 0 Å². The Morgan fingerprint density at radius 1 is 1.33 bits per heavy atom. The largest absolute Gasteiger partial charge is 0.384 e. The quantitative estimate of drug-likeness (QED) is 0.560. The molecule has 0 heterocycles. The van der Waals surface area contributed by atoms with E-state index in [9.17, 15) is 0 Å². The second-order valence-corrected chi connectivity index (χ2v) is 2.80. The summed E-state index contributed by atoms with van der Waals surface area (Å²) < 4.78 is 0. The molecule has 0 spiro atoms. The van der Waals surface area contributed by atoms with E-state index < -0.39 is 0 Å². The van der Waals surface area contributed by atoms with Crippen molar-refractivity contribution in [3.8, 4) is 0 Å². The number of halogens is 3. The molecule has 0 saturated carbocycles. The maximum absolute atomic E-state index is 7.11. The molecular weight excluding hydrogens is 218 g/mol. The average Bonchev–Trinajstić information content (AvgIpc) is 1.94. The molecule has 0 aromatic heterocycles. The fourth-order valence-electron chi connectivity index (χ4n) is 0.712. The van der Waals surface area contributed by atoms with Crippen molar-refractivity contribution in [1.82, 2.24) is 0 Å². The van der Waals surface area contributed by atoms with Crippen molar-refractivity contribution in [2.75, 3.05) is 0 Å². The van der Waals surface area contributed by atoms with Gasteiger partial charge in [0.2, 0.25) is 0 Å². The molecule has 0 atom stereocenters. The SMILES string of the molecule is Cl.N=C(N)c1cccc(Cl)c1Cl. The first kappa shape index (κ1) is 11.6. The van der Waals surface area contributed by atoms with Crippen LogP contribution in [0.5, 0.6) is 0 Å². The van der Waals surface area contributed by atoms with Crippen molar-refractivity contribution in [1.29, 1.82) is 5.41 Å². The lowest BCUT2D eigenvalue weighted by Gasteiger charge is -2.01. The van der Waals surface area contributed by atoms with Crippen molar-refractivity contribution in [3.05, 3.63) is 33.8 Å². The Kier molecular flexibility index (Phi) is 4.39. The Balaban J connectivity index is 0.00000121. The maximum Gasteiger partial charge on any atom is 0.124 e. The van der Waals surface area contributed by atoms with E-state index in [2.05, 4.69) is 0 Å². The Labute approximate surface area is 86.6 Å². The molecular formula is C7H7Cl3N2. The summed E-state index contributed by atoms with van der Waals surface area (Å²) in [4.78, 5) is 0. The maximum atomic E-state index is 7.11. The molecule has 2 nitrogen and oxygen atoms in total. The number of rotatable bonds is 1. The Hall–Kier alpha value is -0.440. The van der Waals surface area contributed by atoms with Crippen molar-refractivity contribution in [2.24, 2.45) is 5.73 Å². The van der Waals surface area contributed by atoms with Gasteiger partial charge in [-0.2, -0.15) is 0 Å². The molecule has 0 aliphatic heterocycles. The predicted octanol–water partition coefficient (Wildman–Crippen LogP) is 2.70. The standard InChI is InChI=1S/C7H6Cl2N2.ClH/c8-5-3-1-2-4(6(5)9)7(10)11;/h1-3H,(H3,10,11);1H. The van der Waals surface area contributed by atoms with Crippen LogP contribution in [0.3, 0.4) is 0 Å². The molecule has 0 bridgehead atoms. The van der Waals surface area contributed by atoms with Crippen LogP contribution in [0.2, 0.25) is 10.0 Å². The van der Waals surface area contributed by atoms with Gasteiger partial charge in [0.15, 0.2) is 0 Å². The number of amidine groups is 1. The summed E-state index contributed by atoms with van der Waals surface area (Å²) in [5, 5.41) is 7.86. The minimum atomic E-state index is -0.0718. The predicted molar refractivity (Wildman–Crippen MR) is 54.7 cm³/mol. The summed E-state index contributed by atoms with van der Waals surface area (Å²) >= 11 is 11.4. The van der Waals surface area contributed by atoms with Gasteiger partial charge in [0, 0.05) is 5.56 Å². The van der Waals surface area contributed by atoms with Gasteiger partial charge in [-0.3, -0.25) is 5.41 Å². The second kappa shape index (κ2) is 4.55. The van der Waals surface area contributed by atoms with Crippen molar-refractivity contribution >= 4 is 41.4 Å². The molecule has 0 aliphatic carbocycles. The summed E-state index contributed by atoms with van der Waals surface area (Å²) in [5.41, 5.74) is 5.70. The Bertz CT molecular complexity index is 299. The summed E-state index contributed by atoms with van der Waals surface area (Å²) in [6.07, 6.45) is 0. The third-order valence-electron chi connectivity index (χ3n) is 1.24. The molecule has 0 aliphatic rings. The van der Waals surface area contributed by atoms with Crippen molar-refractivity contribution < 1.29 is 0 Å². The number of nitrogens with one attached hydrogen (secondary N) is 1. The molecule has 12 heavy (non-hydrogen) atoms. The molecule has 0 amide bonds. The summed E-state index contributed by atoms with van der Waals surface area (Å²) in [6.45, 7) is 0. The molecule has 0 radical (unpaired) electrons. The zero-order valence-corrected chi connectivity index (χ0v) is 8.30. The van der Waals surface area contributed by atoms with Crippen LogP contribution in [0.4, 0.5) is 0 Å². The van der Waals surface area contributed by atoms with Crippen LogP contribution in [-0.4, -0.2) is 5.84 Å². The molecule has 0 saturated heterocycles. The van der Waals surface area contributed by atoms with Gasteiger partial charge >= 0.3 is 0 Å². The lowest BCUT2D eigenvalue weighted by molar-refractivity contribution is 1.42. The highest BCUT2D eigenvalue weighted by molar-refractivity contribution is 6.43. The zero-order valence-electron chi connectivity index (χ0n) is 5.97. The normalized spacial score (nSPS) is 8.83. The van der Waals surface area contributed by atoms with E-state index in [1.807, 2.05) is 0 Å². The molecule has 1 aromatic carbocycles. The van der Waals surface area contributed by atoms with Crippen molar-refractivity contribution in [2.45, 2.75) is 0 Å². The Morgan fingerprint density at radius 2 is 1.92 bits per heavy atom. The molecule has 3 N–H and O–H groups in total. The minimum Gasteiger partial charge on any atom is -0.384 e. The molecule has 1 aromatic rings. The number of benzene rings is 1. The third kappa shape index (κ3) is 2.27. The van der Waals surface area contributed by atoms with Crippen LogP contribution in [0.1, 0.15) is 5.56 Å². The van der Waals surface area contributed by atoms with Gasteiger partial charge in [0.25, 0.3) is 0 Å². The van der Waals surface area contributed by atoms with E-state index in [-0.39, 0.29) is 18.2 Å². The topological polar surface area (TPSA) is 49.9 Å². The monoisotopic (exact) mass is 224 g/mol. The summed E-state index contributed by atoms with van der Waals surface area (Å²) in [5.74, 6) is -0.0718. The number of hydrogen-bond donors (Lipinski definition) is 2. The van der Waals surface area contributed by atoms with Crippen LogP contribution in [0, 0.1) is 5.41 Å². The highest BCUT2D eigenvalue weighted by Crippen LogP contribution is 2.24. The van der Waals surface area contributed by atoms with Gasteiger partial charge in [-0.15, -0.1) is 12.4 Å². The summed E-state index contributed by atoms with van der Waals surface area (Å²) in [7, 11) is 0. The smallest absolute Gasteiger partial charge is 0.124 e. The number of nitrogens with two attached hydrogens (primary N) is 1. The molecule has 1 rings (SSSR count). The first-order valence-corrected chi connectivity index (χ1v) is 3.67. The van der Waals surface area contributed by atoms with Crippen LogP contribution < -0.4 is 5.73 Å². The van der Waals surface area contributed by atoms with E-state index in [0.717, 1.165) is 0 Å². The van der Waals surface area contributed by atoms with E-state index in [4.69, 9.17) is 34.3 Å². The van der Waals surface area contributed by atoms with Gasteiger partial charge in [-0.1, -0.05) is 29.3 Å². The first-order chi connectivity index (χ1) is 5.13.